The van der Waals surface area contributed by atoms with Crippen molar-refractivity contribution in [2.75, 3.05) is 0 Å². The zero-order valence-corrected chi connectivity index (χ0v) is 16.6. The molecule has 0 aliphatic rings. The summed E-state index contributed by atoms with van der Waals surface area (Å²) in [6.07, 6.45) is 1.47. The number of benzene rings is 4. The molecule has 0 fully saturated rings. The third-order valence-corrected chi connectivity index (χ3v) is 6.88. The standard InChI is InChI=1S/C25H16FNO2S/c26-24-13-12-21(22-5-1-2-6-23(22)24)19-9-8-18-16-20(11-10-17(18)15-19)30(28,29)25-7-3-4-14-27-25/h1-16H. The Kier molecular flexibility index (Phi) is 4.33. The molecule has 0 bridgehead atoms. The van der Waals surface area contributed by atoms with Gasteiger partial charge in [-0.2, -0.15) is 0 Å². The van der Waals surface area contributed by atoms with Crippen LogP contribution < -0.4 is 0 Å². The Balaban J connectivity index is 1.63. The third kappa shape index (κ3) is 3.04. The van der Waals surface area contributed by atoms with E-state index in [9.17, 15) is 12.8 Å². The van der Waals surface area contributed by atoms with Crippen LogP contribution in [-0.2, 0) is 9.84 Å². The van der Waals surface area contributed by atoms with Crippen LogP contribution in [0.4, 0.5) is 4.39 Å². The maximum Gasteiger partial charge on any atom is 0.223 e. The van der Waals surface area contributed by atoms with Gasteiger partial charge in [0.25, 0.3) is 0 Å². The van der Waals surface area contributed by atoms with Gasteiger partial charge in [-0.05, 0) is 63.7 Å². The van der Waals surface area contributed by atoms with Crippen LogP contribution >= 0.6 is 0 Å². The van der Waals surface area contributed by atoms with Gasteiger partial charge in [0, 0.05) is 11.6 Å². The average Bonchev–Trinajstić information content (AvgIpc) is 2.79. The molecule has 0 spiro atoms. The number of halogens is 1. The molecule has 5 heteroatoms. The molecule has 4 aromatic carbocycles. The van der Waals surface area contributed by atoms with Crippen LogP contribution in [0.15, 0.2) is 107 Å². The fourth-order valence-corrected chi connectivity index (χ4v) is 4.93. The van der Waals surface area contributed by atoms with E-state index in [-0.39, 0.29) is 15.7 Å². The Morgan fingerprint density at radius 3 is 2.23 bits per heavy atom. The first-order valence-electron chi connectivity index (χ1n) is 9.42. The van der Waals surface area contributed by atoms with Crippen LogP contribution in [0.2, 0.25) is 0 Å². The van der Waals surface area contributed by atoms with Crippen LogP contribution in [0.5, 0.6) is 0 Å². The molecule has 5 rings (SSSR count). The highest BCUT2D eigenvalue weighted by Crippen LogP contribution is 2.33. The van der Waals surface area contributed by atoms with Crippen molar-refractivity contribution in [1.29, 1.82) is 0 Å². The van der Waals surface area contributed by atoms with Crippen molar-refractivity contribution in [2.24, 2.45) is 0 Å². The van der Waals surface area contributed by atoms with Crippen molar-refractivity contribution >= 4 is 31.4 Å². The molecule has 30 heavy (non-hydrogen) atoms. The lowest BCUT2D eigenvalue weighted by Crippen LogP contribution is -2.03. The van der Waals surface area contributed by atoms with Crippen molar-refractivity contribution in [3.8, 4) is 11.1 Å². The molecule has 0 radical (unpaired) electrons. The average molecular weight is 413 g/mol. The largest absolute Gasteiger partial charge is 0.244 e. The first-order chi connectivity index (χ1) is 14.5. The number of aromatic nitrogens is 1. The molecule has 146 valence electrons. The second kappa shape index (κ2) is 7.04. The molecule has 0 saturated heterocycles. The Bertz CT molecular complexity index is 1510. The summed E-state index contributed by atoms with van der Waals surface area (Å²) >= 11 is 0. The first kappa shape index (κ1) is 18.5. The SMILES string of the molecule is O=S(=O)(c1ccc2cc(-c3ccc(F)c4ccccc34)ccc2c1)c1ccccn1. The van der Waals surface area contributed by atoms with Crippen LogP contribution in [0.3, 0.4) is 0 Å². The molecule has 0 N–H and O–H groups in total. The highest BCUT2D eigenvalue weighted by molar-refractivity contribution is 7.91. The predicted molar refractivity (Wildman–Crippen MR) is 117 cm³/mol. The molecule has 1 aromatic heterocycles. The molecular formula is C25H16FNO2S. The van der Waals surface area contributed by atoms with Crippen molar-refractivity contribution in [1.82, 2.24) is 4.98 Å². The Labute approximate surface area is 173 Å². The van der Waals surface area contributed by atoms with E-state index in [0.717, 1.165) is 27.3 Å². The molecule has 0 aliphatic carbocycles. The van der Waals surface area contributed by atoms with Crippen molar-refractivity contribution in [3.05, 3.63) is 103 Å². The van der Waals surface area contributed by atoms with Crippen LogP contribution in [0.1, 0.15) is 0 Å². The van der Waals surface area contributed by atoms with E-state index >= 15 is 0 Å². The number of fused-ring (bicyclic) bond motifs is 2. The maximum absolute atomic E-state index is 14.2. The molecule has 0 saturated carbocycles. The lowest BCUT2D eigenvalue weighted by Gasteiger charge is -2.10. The summed E-state index contributed by atoms with van der Waals surface area (Å²) in [4.78, 5) is 4.18. The van der Waals surface area contributed by atoms with Gasteiger partial charge in [0.2, 0.25) is 9.84 Å². The van der Waals surface area contributed by atoms with Crippen LogP contribution in [-0.4, -0.2) is 13.4 Å². The van der Waals surface area contributed by atoms with E-state index in [0.29, 0.717) is 5.39 Å². The van der Waals surface area contributed by atoms with Gasteiger partial charge >= 0.3 is 0 Å². The van der Waals surface area contributed by atoms with Gasteiger partial charge in [0.05, 0.1) is 4.90 Å². The Morgan fingerprint density at radius 2 is 1.43 bits per heavy atom. The summed E-state index contributed by atoms with van der Waals surface area (Å²) in [6, 6.07) is 26.3. The van der Waals surface area contributed by atoms with Crippen LogP contribution in [0, 0.1) is 5.82 Å². The van der Waals surface area contributed by atoms with Gasteiger partial charge in [-0.3, -0.25) is 0 Å². The van der Waals surface area contributed by atoms with Gasteiger partial charge < -0.3 is 0 Å². The van der Waals surface area contributed by atoms with E-state index in [1.54, 1.807) is 42.5 Å². The van der Waals surface area contributed by atoms with Crippen LogP contribution in [0.25, 0.3) is 32.7 Å². The monoisotopic (exact) mass is 413 g/mol. The van der Waals surface area contributed by atoms with Crippen molar-refractivity contribution in [2.45, 2.75) is 9.92 Å². The Morgan fingerprint density at radius 1 is 0.700 bits per heavy atom. The van der Waals surface area contributed by atoms with E-state index in [1.807, 2.05) is 36.4 Å². The smallest absolute Gasteiger partial charge is 0.223 e. The molecule has 5 aromatic rings. The lowest BCUT2D eigenvalue weighted by molar-refractivity contribution is 0.592. The number of hydrogen-bond donors (Lipinski definition) is 0. The summed E-state index contributed by atoms with van der Waals surface area (Å²) in [5.41, 5.74) is 1.87. The summed E-state index contributed by atoms with van der Waals surface area (Å²) < 4.78 is 39.9. The minimum atomic E-state index is -3.68. The third-order valence-electron chi connectivity index (χ3n) is 5.22. The van der Waals surface area contributed by atoms with E-state index < -0.39 is 9.84 Å². The predicted octanol–water partition coefficient (Wildman–Crippen LogP) is 6.03. The number of sulfone groups is 1. The van der Waals surface area contributed by atoms with E-state index in [4.69, 9.17) is 0 Å². The fraction of sp³-hybridized carbons (Fsp3) is 0. The minimum absolute atomic E-state index is 0.0266. The molecular weight excluding hydrogens is 397 g/mol. The molecule has 0 atom stereocenters. The quantitative estimate of drug-likeness (QED) is 0.363. The maximum atomic E-state index is 14.2. The first-order valence-corrected chi connectivity index (χ1v) is 10.9. The zero-order valence-electron chi connectivity index (χ0n) is 15.8. The van der Waals surface area contributed by atoms with Gasteiger partial charge in [-0.1, -0.05) is 54.6 Å². The number of rotatable bonds is 3. The summed E-state index contributed by atoms with van der Waals surface area (Å²) in [6.45, 7) is 0. The second-order valence-electron chi connectivity index (χ2n) is 7.04. The van der Waals surface area contributed by atoms with E-state index in [1.165, 1.54) is 18.3 Å². The lowest BCUT2D eigenvalue weighted by atomic mass is 9.96. The fourth-order valence-electron chi connectivity index (χ4n) is 3.70. The second-order valence-corrected chi connectivity index (χ2v) is 8.93. The normalized spacial score (nSPS) is 11.8. The highest BCUT2D eigenvalue weighted by Gasteiger charge is 2.19. The minimum Gasteiger partial charge on any atom is -0.244 e. The van der Waals surface area contributed by atoms with Crippen molar-refractivity contribution in [3.63, 3.8) is 0 Å². The number of hydrogen-bond acceptors (Lipinski definition) is 3. The summed E-state index contributed by atoms with van der Waals surface area (Å²) in [5, 5.41) is 3.15. The van der Waals surface area contributed by atoms with Crippen molar-refractivity contribution < 1.29 is 12.8 Å². The number of nitrogens with zero attached hydrogens (tertiary/aromatic N) is 1. The van der Waals surface area contributed by atoms with Gasteiger partial charge in [0.15, 0.2) is 5.03 Å². The molecule has 0 aliphatic heterocycles. The highest BCUT2D eigenvalue weighted by atomic mass is 32.2. The van der Waals surface area contributed by atoms with Gasteiger partial charge in [-0.25, -0.2) is 17.8 Å². The molecule has 0 unspecified atom stereocenters. The van der Waals surface area contributed by atoms with E-state index in [2.05, 4.69) is 4.98 Å². The molecule has 3 nitrogen and oxygen atoms in total. The van der Waals surface area contributed by atoms with Gasteiger partial charge in [0.1, 0.15) is 5.82 Å². The van der Waals surface area contributed by atoms with Gasteiger partial charge in [-0.15, -0.1) is 0 Å². The molecule has 1 heterocycles. The zero-order chi connectivity index (χ0) is 20.7. The topological polar surface area (TPSA) is 47.0 Å². The summed E-state index contributed by atoms with van der Waals surface area (Å²) in [7, 11) is -3.68. The Hall–Kier alpha value is -3.57. The summed E-state index contributed by atoms with van der Waals surface area (Å²) in [5.74, 6) is -0.250. The number of pyridine rings is 1. The molecule has 0 amide bonds.